The fourth-order valence-electron chi connectivity index (χ4n) is 3.64. The van der Waals surface area contributed by atoms with Crippen LogP contribution in [0.1, 0.15) is 46.0 Å². The first-order valence-corrected chi connectivity index (χ1v) is 6.87. The summed E-state index contributed by atoms with van der Waals surface area (Å²) in [6, 6.07) is 0. The van der Waals surface area contributed by atoms with Crippen LogP contribution in [0.5, 0.6) is 0 Å². The van der Waals surface area contributed by atoms with E-state index in [0.29, 0.717) is 5.41 Å². The smallest absolute Gasteiger partial charge is 0.0540 e. The van der Waals surface area contributed by atoms with Crippen LogP contribution in [0.2, 0.25) is 0 Å². The van der Waals surface area contributed by atoms with Gasteiger partial charge < -0.3 is 0 Å². The quantitative estimate of drug-likeness (QED) is 0.481. The van der Waals surface area contributed by atoms with Crippen molar-refractivity contribution in [2.75, 3.05) is 0 Å². The number of rotatable bonds is 4. The SMILES string of the molecule is C=C(C)C(Cl)CCC1(C)C(=C)C2CCC1C2. The third kappa shape index (κ3) is 1.86. The van der Waals surface area contributed by atoms with Crippen LogP contribution in [0.3, 0.4) is 0 Å². The standard InChI is InChI=1S/C15H23Cl/c1-10(2)14(16)7-8-15(4)11(3)12-5-6-13(15)9-12/h12-14H,1,3,5-9H2,2,4H3. The second-order valence-electron chi connectivity index (χ2n) is 6.00. The molecule has 1 heteroatoms. The number of hydrogen-bond acceptors (Lipinski definition) is 0. The summed E-state index contributed by atoms with van der Waals surface area (Å²) in [7, 11) is 0. The predicted molar refractivity (Wildman–Crippen MR) is 71.8 cm³/mol. The highest BCUT2D eigenvalue weighted by molar-refractivity contribution is 6.22. The van der Waals surface area contributed by atoms with Crippen LogP contribution in [0, 0.1) is 17.3 Å². The molecule has 2 fully saturated rings. The summed E-state index contributed by atoms with van der Waals surface area (Å²) in [5.41, 5.74) is 2.97. The minimum Gasteiger partial charge on any atom is -0.118 e. The molecule has 2 rings (SSSR count). The summed E-state index contributed by atoms with van der Waals surface area (Å²) in [6.45, 7) is 12.7. The van der Waals surface area contributed by atoms with Gasteiger partial charge in [0.15, 0.2) is 0 Å². The molecular formula is C15H23Cl. The molecule has 0 radical (unpaired) electrons. The van der Waals surface area contributed by atoms with Gasteiger partial charge in [0.1, 0.15) is 0 Å². The minimum absolute atomic E-state index is 0.142. The molecule has 4 atom stereocenters. The van der Waals surface area contributed by atoms with Crippen molar-refractivity contribution in [1.29, 1.82) is 0 Å². The van der Waals surface area contributed by atoms with E-state index in [1.54, 1.807) is 0 Å². The number of hydrogen-bond donors (Lipinski definition) is 0. The first-order chi connectivity index (χ1) is 7.45. The van der Waals surface area contributed by atoms with E-state index in [-0.39, 0.29) is 5.38 Å². The highest BCUT2D eigenvalue weighted by atomic mass is 35.5. The zero-order valence-electron chi connectivity index (χ0n) is 10.6. The summed E-state index contributed by atoms with van der Waals surface area (Å²) in [4.78, 5) is 0. The molecule has 2 aliphatic carbocycles. The van der Waals surface area contributed by atoms with Crippen LogP contribution in [0.4, 0.5) is 0 Å². The zero-order chi connectivity index (χ0) is 11.9. The Morgan fingerprint density at radius 2 is 2.25 bits per heavy atom. The van der Waals surface area contributed by atoms with Gasteiger partial charge in [0.2, 0.25) is 0 Å². The van der Waals surface area contributed by atoms with Crippen molar-refractivity contribution in [3.63, 3.8) is 0 Å². The zero-order valence-corrected chi connectivity index (χ0v) is 11.3. The van der Waals surface area contributed by atoms with Crippen molar-refractivity contribution in [2.45, 2.75) is 51.3 Å². The van der Waals surface area contributed by atoms with E-state index >= 15 is 0 Å². The van der Waals surface area contributed by atoms with Crippen molar-refractivity contribution in [3.8, 4) is 0 Å². The van der Waals surface area contributed by atoms with E-state index in [4.69, 9.17) is 11.6 Å². The van der Waals surface area contributed by atoms with Crippen LogP contribution in [0.25, 0.3) is 0 Å². The number of allylic oxidation sites excluding steroid dienone is 2. The number of halogens is 1. The third-order valence-corrected chi connectivity index (χ3v) is 5.60. The second kappa shape index (κ2) is 4.22. The molecule has 0 aromatic carbocycles. The lowest BCUT2D eigenvalue weighted by Crippen LogP contribution is -2.27. The fourth-order valence-corrected chi connectivity index (χ4v) is 3.75. The largest absolute Gasteiger partial charge is 0.118 e. The summed E-state index contributed by atoms with van der Waals surface area (Å²) >= 11 is 6.28. The maximum atomic E-state index is 6.28. The summed E-state index contributed by atoms with van der Waals surface area (Å²) in [6.07, 6.45) is 6.41. The van der Waals surface area contributed by atoms with Gasteiger partial charge in [-0.1, -0.05) is 31.2 Å². The average Bonchev–Trinajstić information content (AvgIpc) is 2.79. The van der Waals surface area contributed by atoms with E-state index in [1.165, 1.54) is 31.3 Å². The monoisotopic (exact) mass is 238 g/mol. The van der Waals surface area contributed by atoms with Crippen molar-refractivity contribution in [3.05, 3.63) is 24.3 Å². The average molecular weight is 239 g/mol. The lowest BCUT2D eigenvalue weighted by Gasteiger charge is -2.36. The van der Waals surface area contributed by atoms with Gasteiger partial charge in [0, 0.05) is 0 Å². The van der Waals surface area contributed by atoms with Crippen LogP contribution in [-0.2, 0) is 0 Å². The summed E-state index contributed by atoms with van der Waals surface area (Å²) in [5.74, 6) is 1.69. The van der Waals surface area contributed by atoms with Crippen molar-refractivity contribution in [1.82, 2.24) is 0 Å². The Morgan fingerprint density at radius 1 is 1.56 bits per heavy atom. The molecule has 2 bridgehead atoms. The van der Waals surface area contributed by atoms with E-state index in [9.17, 15) is 0 Å². The Bertz CT molecular complexity index is 317. The Morgan fingerprint density at radius 3 is 2.75 bits per heavy atom. The molecule has 0 heterocycles. The van der Waals surface area contributed by atoms with E-state index in [0.717, 1.165) is 23.8 Å². The van der Waals surface area contributed by atoms with Crippen LogP contribution < -0.4 is 0 Å². The highest BCUT2D eigenvalue weighted by Crippen LogP contribution is 2.60. The predicted octanol–water partition coefficient (Wildman–Crippen LogP) is 4.94. The molecular weight excluding hydrogens is 216 g/mol. The van der Waals surface area contributed by atoms with Gasteiger partial charge in [-0.3, -0.25) is 0 Å². The molecule has 0 spiro atoms. The minimum atomic E-state index is 0.142. The van der Waals surface area contributed by atoms with Crippen LogP contribution in [0.15, 0.2) is 24.3 Å². The molecule has 2 saturated carbocycles. The van der Waals surface area contributed by atoms with Crippen molar-refractivity contribution in [2.24, 2.45) is 17.3 Å². The first-order valence-electron chi connectivity index (χ1n) is 6.44. The van der Waals surface area contributed by atoms with Crippen LogP contribution >= 0.6 is 11.6 Å². The number of fused-ring (bicyclic) bond motifs is 2. The molecule has 0 aliphatic heterocycles. The Hall–Kier alpha value is -0.230. The molecule has 90 valence electrons. The van der Waals surface area contributed by atoms with Gasteiger partial charge in [-0.05, 0) is 56.3 Å². The van der Waals surface area contributed by atoms with Crippen LogP contribution in [-0.4, -0.2) is 5.38 Å². The lowest BCUT2D eigenvalue weighted by molar-refractivity contribution is 0.234. The maximum Gasteiger partial charge on any atom is 0.0540 e. The number of alkyl halides is 1. The Balaban J connectivity index is 1.99. The lowest BCUT2D eigenvalue weighted by atomic mass is 9.69. The van der Waals surface area contributed by atoms with Gasteiger partial charge in [-0.2, -0.15) is 0 Å². The van der Waals surface area contributed by atoms with Gasteiger partial charge in [-0.15, -0.1) is 11.6 Å². The molecule has 16 heavy (non-hydrogen) atoms. The topological polar surface area (TPSA) is 0 Å². The van der Waals surface area contributed by atoms with Gasteiger partial charge >= 0.3 is 0 Å². The van der Waals surface area contributed by atoms with Crippen molar-refractivity contribution >= 4 is 11.6 Å². The van der Waals surface area contributed by atoms with Crippen molar-refractivity contribution < 1.29 is 0 Å². The van der Waals surface area contributed by atoms with E-state index in [2.05, 4.69) is 20.1 Å². The van der Waals surface area contributed by atoms with Gasteiger partial charge in [0.05, 0.1) is 5.38 Å². The molecule has 0 nitrogen and oxygen atoms in total. The molecule has 2 aliphatic rings. The summed E-state index contributed by atoms with van der Waals surface area (Å²) < 4.78 is 0. The van der Waals surface area contributed by atoms with Gasteiger partial charge in [0.25, 0.3) is 0 Å². The normalized spacial score (nSPS) is 39.1. The summed E-state index contributed by atoms with van der Waals surface area (Å²) in [5, 5.41) is 0.142. The first kappa shape index (κ1) is 12.2. The second-order valence-corrected chi connectivity index (χ2v) is 6.53. The Kier molecular flexibility index (Phi) is 3.22. The maximum absolute atomic E-state index is 6.28. The molecule has 0 N–H and O–H groups in total. The third-order valence-electron chi connectivity index (χ3n) is 5.01. The van der Waals surface area contributed by atoms with E-state index in [1.807, 2.05) is 6.92 Å². The molecule has 0 aromatic rings. The molecule has 0 amide bonds. The molecule has 0 saturated heterocycles. The van der Waals surface area contributed by atoms with Gasteiger partial charge in [-0.25, -0.2) is 0 Å². The Labute approximate surface area is 105 Å². The highest BCUT2D eigenvalue weighted by Gasteiger charge is 2.50. The van der Waals surface area contributed by atoms with E-state index < -0.39 is 0 Å². The molecule has 0 aromatic heterocycles. The molecule has 4 unspecified atom stereocenters. The fraction of sp³-hybridized carbons (Fsp3) is 0.733.